The molecule has 1 aromatic heterocycles. The van der Waals surface area contributed by atoms with Crippen LogP contribution in [0.25, 0.3) is 0 Å². The second kappa shape index (κ2) is 4.53. The molecule has 90 valence electrons. The van der Waals surface area contributed by atoms with Crippen LogP contribution in [0.3, 0.4) is 0 Å². The van der Waals surface area contributed by atoms with Gasteiger partial charge in [-0.25, -0.2) is 8.78 Å². The molecule has 2 aromatic rings. The Morgan fingerprint density at radius 3 is 2.41 bits per heavy atom. The minimum absolute atomic E-state index is 0.0799. The van der Waals surface area contributed by atoms with Crippen molar-refractivity contribution in [1.82, 2.24) is 9.78 Å². The molecule has 5 heteroatoms. The zero-order valence-corrected chi connectivity index (χ0v) is 9.61. The second-order valence-corrected chi connectivity index (χ2v) is 3.90. The zero-order valence-electron chi connectivity index (χ0n) is 9.61. The lowest BCUT2D eigenvalue weighted by molar-refractivity contribution is 0.583. The molecule has 0 aliphatic rings. The summed E-state index contributed by atoms with van der Waals surface area (Å²) in [6.45, 7) is 1.90. The molecule has 1 aromatic carbocycles. The van der Waals surface area contributed by atoms with E-state index in [0.717, 1.165) is 11.8 Å². The van der Waals surface area contributed by atoms with Gasteiger partial charge in [-0.15, -0.1) is 0 Å². The number of nitrogens with zero attached hydrogens (tertiary/aromatic N) is 2. The molecule has 1 atom stereocenters. The highest BCUT2D eigenvalue weighted by molar-refractivity contribution is 5.45. The van der Waals surface area contributed by atoms with Crippen molar-refractivity contribution in [2.45, 2.75) is 13.0 Å². The highest BCUT2D eigenvalue weighted by Gasteiger charge is 2.10. The van der Waals surface area contributed by atoms with Gasteiger partial charge in [-0.3, -0.25) is 4.68 Å². The Morgan fingerprint density at radius 2 is 1.88 bits per heavy atom. The summed E-state index contributed by atoms with van der Waals surface area (Å²) in [5.74, 6) is -1.19. The Labute approximate surface area is 98.1 Å². The van der Waals surface area contributed by atoms with Gasteiger partial charge in [0.1, 0.15) is 11.6 Å². The lowest BCUT2D eigenvalue weighted by Crippen LogP contribution is -2.11. The number of hydrogen-bond donors (Lipinski definition) is 1. The van der Waals surface area contributed by atoms with Crippen molar-refractivity contribution in [3.63, 3.8) is 0 Å². The smallest absolute Gasteiger partial charge is 0.128 e. The Kier molecular flexibility index (Phi) is 3.08. The third-order valence-corrected chi connectivity index (χ3v) is 2.55. The molecular formula is C12H13F2N3. The number of aromatic nitrogens is 2. The summed E-state index contributed by atoms with van der Waals surface area (Å²) in [7, 11) is 1.82. The highest BCUT2D eigenvalue weighted by Crippen LogP contribution is 2.20. The molecule has 0 saturated heterocycles. The molecule has 1 heterocycles. The molecule has 0 aliphatic carbocycles. The molecule has 0 amide bonds. The van der Waals surface area contributed by atoms with Crippen molar-refractivity contribution in [1.29, 1.82) is 0 Å². The molecule has 0 radical (unpaired) electrons. The lowest BCUT2D eigenvalue weighted by Gasteiger charge is -2.15. The molecule has 0 fully saturated rings. The van der Waals surface area contributed by atoms with Gasteiger partial charge in [0.05, 0.1) is 11.7 Å². The van der Waals surface area contributed by atoms with Crippen LogP contribution in [0.2, 0.25) is 0 Å². The minimum atomic E-state index is -0.593. The predicted octanol–water partition coefficient (Wildman–Crippen LogP) is 2.87. The summed E-state index contributed by atoms with van der Waals surface area (Å²) >= 11 is 0. The van der Waals surface area contributed by atoms with E-state index in [-0.39, 0.29) is 6.04 Å². The quantitative estimate of drug-likeness (QED) is 0.889. The number of hydrogen-bond acceptors (Lipinski definition) is 2. The predicted molar refractivity (Wildman–Crippen MR) is 61.6 cm³/mol. The van der Waals surface area contributed by atoms with Crippen LogP contribution in [0, 0.1) is 11.6 Å². The van der Waals surface area contributed by atoms with Crippen LogP contribution >= 0.6 is 0 Å². The molecule has 0 spiro atoms. The summed E-state index contributed by atoms with van der Waals surface area (Å²) < 4.78 is 27.7. The fourth-order valence-electron chi connectivity index (χ4n) is 1.77. The average Bonchev–Trinajstić information content (AvgIpc) is 2.62. The number of aryl methyl sites for hydroxylation is 1. The Morgan fingerprint density at radius 1 is 1.24 bits per heavy atom. The third kappa shape index (κ3) is 2.61. The van der Waals surface area contributed by atoms with Crippen LogP contribution in [0.1, 0.15) is 18.7 Å². The van der Waals surface area contributed by atoms with Crippen LogP contribution in [-0.2, 0) is 7.05 Å². The molecular weight excluding hydrogens is 224 g/mol. The third-order valence-electron chi connectivity index (χ3n) is 2.55. The number of halogens is 2. The van der Waals surface area contributed by atoms with Crippen LogP contribution in [0.15, 0.2) is 30.5 Å². The summed E-state index contributed by atoms with van der Waals surface area (Å²) in [5, 5.41) is 7.07. The van der Waals surface area contributed by atoms with Crippen LogP contribution < -0.4 is 5.32 Å². The SMILES string of the molecule is CC(Nc1cc(F)cc(F)c1)c1ccnn1C. The maximum Gasteiger partial charge on any atom is 0.128 e. The van der Waals surface area contributed by atoms with E-state index in [1.54, 1.807) is 10.9 Å². The van der Waals surface area contributed by atoms with E-state index in [1.165, 1.54) is 12.1 Å². The van der Waals surface area contributed by atoms with Gasteiger partial charge < -0.3 is 5.32 Å². The fourth-order valence-corrected chi connectivity index (χ4v) is 1.77. The first-order chi connectivity index (χ1) is 8.06. The first kappa shape index (κ1) is 11.6. The second-order valence-electron chi connectivity index (χ2n) is 3.90. The standard InChI is InChI=1S/C12H13F2N3/c1-8(12-3-4-15-17(12)2)16-11-6-9(13)5-10(14)7-11/h3-8,16H,1-2H3. The molecule has 3 nitrogen and oxygen atoms in total. The number of rotatable bonds is 3. The van der Waals surface area contributed by atoms with Crippen molar-refractivity contribution in [2.24, 2.45) is 7.05 Å². The van der Waals surface area contributed by atoms with Crippen molar-refractivity contribution in [2.75, 3.05) is 5.32 Å². The van der Waals surface area contributed by atoms with Gasteiger partial charge in [-0.2, -0.15) is 5.10 Å². The Balaban J connectivity index is 2.18. The van der Waals surface area contributed by atoms with Gasteiger partial charge in [0.2, 0.25) is 0 Å². The normalized spacial score (nSPS) is 12.5. The van der Waals surface area contributed by atoms with Crippen LogP contribution in [0.4, 0.5) is 14.5 Å². The van der Waals surface area contributed by atoms with E-state index >= 15 is 0 Å². The van der Waals surface area contributed by atoms with Gasteiger partial charge in [0.25, 0.3) is 0 Å². The first-order valence-corrected chi connectivity index (χ1v) is 5.27. The average molecular weight is 237 g/mol. The van der Waals surface area contributed by atoms with E-state index in [2.05, 4.69) is 10.4 Å². The summed E-state index contributed by atoms with van der Waals surface area (Å²) in [4.78, 5) is 0. The number of nitrogens with one attached hydrogen (secondary N) is 1. The lowest BCUT2D eigenvalue weighted by atomic mass is 10.2. The summed E-state index contributed by atoms with van der Waals surface area (Å²) in [5.41, 5.74) is 1.35. The molecule has 2 rings (SSSR count). The van der Waals surface area contributed by atoms with Crippen LogP contribution in [-0.4, -0.2) is 9.78 Å². The van der Waals surface area contributed by atoms with Crippen LogP contribution in [0.5, 0.6) is 0 Å². The summed E-state index contributed by atoms with van der Waals surface area (Å²) in [6, 6.07) is 5.14. The largest absolute Gasteiger partial charge is 0.377 e. The Hall–Kier alpha value is -1.91. The van der Waals surface area contributed by atoms with Gasteiger partial charge in [0, 0.05) is 25.0 Å². The van der Waals surface area contributed by atoms with E-state index in [4.69, 9.17) is 0 Å². The van der Waals surface area contributed by atoms with Gasteiger partial charge in [-0.1, -0.05) is 0 Å². The fraction of sp³-hybridized carbons (Fsp3) is 0.250. The van der Waals surface area contributed by atoms with Crippen molar-refractivity contribution < 1.29 is 8.78 Å². The molecule has 0 saturated carbocycles. The molecule has 1 N–H and O–H groups in total. The number of benzene rings is 1. The topological polar surface area (TPSA) is 29.9 Å². The van der Waals surface area contributed by atoms with E-state index < -0.39 is 11.6 Å². The zero-order chi connectivity index (χ0) is 12.4. The Bertz CT molecular complexity index is 502. The minimum Gasteiger partial charge on any atom is -0.377 e. The molecule has 17 heavy (non-hydrogen) atoms. The maximum absolute atomic E-state index is 13.0. The van der Waals surface area contributed by atoms with Crippen molar-refractivity contribution in [3.05, 3.63) is 47.8 Å². The number of anilines is 1. The van der Waals surface area contributed by atoms with Gasteiger partial charge in [0.15, 0.2) is 0 Å². The van der Waals surface area contributed by atoms with E-state index in [0.29, 0.717) is 5.69 Å². The van der Waals surface area contributed by atoms with Crippen molar-refractivity contribution >= 4 is 5.69 Å². The monoisotopic (exact) mass is 237 g/mol. The van der Waals surface area contributed by atoms with E-state index in [9.17, 15) is 8.78 Å². The molecule has 0 bridgehead atoms. The molecule has 1 unspecified atom stereocenters. The van der Waals surface area contributed by atoms with Gasteiger partial charge in [-0.05, 0) is 25.1 Å². The van der Waals surface area contributed by atoms with Gasteiger partial charge >= 0.3 is 0 Å². The van der Waals surface area contributed by atoms with E-state index in [1.807, 2.05) is 20.0 Å². The highest BCUT2D eigenvalue weighted by atomic mass is 19.1. The molecule has 0 aliphatic heterocycles. The summed E-state index contributed by atoms with van der Waals surface area (Å²) in [6.07, 6.45) is 1.68. The van der Waals surface area contributed by atoms with Crippen molar-refractivity contribution in [3.8, 4) is 0 Å². The first-order valence-electron chi connectivity index (χ1n) is 5.27. The maximum atomic E-state index is 13.0.